The van der Waals surface area contributed by atoms with E-state index in [1.807, 2.05) is 49.4 Å². The third-order valence-electron chi connectivity index (χ3n) is 5.79. The van der Waals surface area contributed by atoms with Crippen molar-refractivity contribution in [2.24, 2.45) is 0 Å². The van der Waals surface area contributed by atoms with E-state index in [1.165, 1.54) is 24.3 Å². The molecule has 2 N–H and O–H groups in total. The lowest BCUT2D eigenvalue weighted by Gasteiger charge is -2.15. The summed E-state index contributed by atoms with van der Waals surface area (Å²) < 4.78 is 13.2. The second-order valence-corrected chi connectivity index (χ2v) is 9.65. The molecule has 8 heteroatoms. The van der Waals surface area contributed by atoms with Crippen LogP contribution in [-0.4, -0.2) is 17.7 Å². The van der Waals surface area contributed by atoms with E-state index in [4.69, 9.17) is 0 Å². The van der Waals surface area contributed by atoms with Crippen LogP contribution in [0.1, 0.15) is 15.9 Å². The molecule has 0 saturated heterocycles. The Morgan fingerprint density at radius 1 is 0.789 bits per heavy atom. The highest BCUT2D eigenvalue weighted by molar-refractivity contribution is 8.04. The first-order chi connectivity index (χ1) is 18.4. The molecular weight excluding hydrogens is 501 g/mol. The van der Waals surface area contributed by atoms with Gasteiger partial charge in [0.1, 0.15) is 16.4 Å². The highest BCUT2D eigenvalue weighted by Crippen LogP contribution is 2.38. The topological polar surface area (TPSA) is 78.5 Å². The molecule has 0 unspecified atom stereocenters. The minimum Gasteiger partial charge on any atom is -0.350 e. The molecule has 0 bridgehead atoms. The SMILES string of the molecule is Cc1ccc(N2C(=O)C(Nc3ccccc3)=C(Sc3cccc(NC(=O)c4ccc(F)cc4)c3)C2=O)cc1. The fourth-order valence-corrected chi connectivity index (χ4v) is 4.86. The van der Waals surface area contributed by atoms with Gasteiger partial charge in [-0.15, -0.1) is 0 Å². The predicted octanol–water partition coefficient (Wildman–Crippen LogP) is 6.38. The highest BCUT2D eigenvalue weighted by Gasteiger charge is 2.40. The number of carbonyl (C=O) groups is 3. The Morgan fingerprint density at radius 3 is 2.18 bits per heavy atom. The molecule has 0 radical (unpaired) electrons. The Labute approximate surface area is 223 Å². The fraction of sp³-hybridized carbons (Fsp3) is 0.0333. The van der Waals surface area contributed by atoms with Crippen LogP contribution in [0.5, 0.6) is 0 Å². The Morgan fingerprint density at radius 2 is 1.47 bits per heavy atom. The first-order valence-electron chi connectivity index (χ1n) is 11.8. The Hall–Kier alpha value is -4.69. The van der Waals surface area contributed by atoms with Crippen LogP contribution in [-0.2, 0) is 9.59 Å². The maximum Gasteiger partial charge on any atom is 0.283 e. The third-order valence-corrected chi connectivity index (χ3v) is 6.87. The molecule has 0 fully saturated rings. The molecule has 38 heavy (non-hydrogen) atoms. The lowest BCUT2D eigenvalue weighted by molar-refractivity contribution is -0.120. The quantitative estimate of drug-likeness (QED) is 0.275. The van der Waals surface area contributed by atoms with Crippen LogP contribution >= 0.6 is 11.8 Å². The van der Waals surface area contributed by atoms with Gasteiger partial charge in [0, 0.05) is 21.8 Å². The number of benzene rings is 4. The van der Waals surface area contributed by atoms with Gasteiger partial charge in [-0.05, 0) is 73.7 Å². The highest BCUT2D eigenvalue weighted by atomic mass is 32.2. The molecule has 188 valence electrons. The summed E-state index contributed by atoms with van der Waals surface area (Å²) in [6.45, 7) is 1.93. The van der Waals surface area contributed by atoms with E-state index in [0.29, 0.717) is 27.5 Å². The third kappa shape index (κ3) is 5.35. The Balaban J connectivity index is 1.44. The number of amides is 3. The van der Waals surface area contributed by atoms with Gasteiger partial charge in [0.05, 0.1) is 5.69 Å². The average Bonchev–Trinajstić information content (AvgIpc) is 3.14. The van der Waals surface area contributed by atoms with Gasteiger partial charge in [0.15, 0.2) is 0 Å². The molecule has 5 rings (SSSR count). The van der Waals surface area contributed by atoms with Gasteiger partial charge in [-0.2, -0.15) is 0 Å². The number of imide groups is 1. The van der Waals surface area contributed by atoms with Crippen molar-refractivity contribution >= 4 is 46.5 Å². The van der Waals surface area contributed by atoms with Crippen molar-refractivity contribution in [3.05, 3.63) is 131 Å². The molecule has 1 heterocycles. The lowest BCUT2D eigenvalue weighted by Crippen LogP contribution is -2.32. The average molecular weight is 524 g/mol. The number of para-hydroxylation sites is 1. The molecule has 0 aliphatic carbocycles. The maximum atomic E-state index is 13.6. The molecule has 4 aromatic carbocycles. The van der Waals surface area contributed by atoms with E-state index in [0.717, 1.165) is 22.2 Å². The van der Waals surface area contributed by atoms with Crippen LogP contribution < -0.4 is 15.5 Å². The van der Waals surface area contributed by atoms with Gasteiger partial charge in [0.25, 0.3) is 17.7 Å². The molecule has 1 aliphatic rings. The summed E-state index contributed by atoms with van der Waals surface area (Å²) in [7, 11) is 0. The van der Waals surface area contributed by atoms with Crippen LogP contribution in [0.3, 0.4) is 0 Å². The largest absolute Gasteiger partial charge is 0.350 e. The summed E-state index contributed by atoms with van der Waals surface area (Å²) in [6, 6.07) is 28.5. The summed E-state index contributed by atoms with van der Waals surface area (Å²) in [5.41, 5.74) is 3.15. The summed E-state index contributed by atoms with van der Waals surface area (Å²) in [6.07, 6.45) is 0. The minimum absolute atomic E-state index is 0.174. The summed E-state index contributed by atoms with van der Waals surface area (Å²) in [4.78, 5) is 41.7. The van der Waals surface area contributed by atoms with Crippen molar-refractivity contribution in [2.75, 3.05) is 15.5 Å². The number of carbonyl (C=O) groups excluding carboxylic acids is 3. The molecular formula is C30H22FN3O3S. The summed E-state index contributed by atoms with van der Waals surface area (Å²) in [5, 5.41) is 5.91. The van der Waals surface area contributed by atoms with E-state index >= 15 is 0 Å². The van der Waals surface area contributed by atoms with Crippen LogP contribution in [0.4, 0.5) is 21.5 Å². The molecule has 4 aromatic rings. The van der Waals surface area contributed by atoms with Crippen molar-refractivity contribution in [1.29, 1.82) is 0 Å². The van der Waals surface area contributed by atoms with Gasteiger partial charge < -0.3 is 10.6 Å². The van der Waals surface area contributed by atoms with Gasteiger partial charge in [-0.1, -0.05) is 53.7 Å². The second-order valence-electron chi connectivity index (χ2n) is 8.57. The van der Waals surface area contributed by atoms with Crippen molar-refractivity contribution in [2.45, 2.75) is 11.8 Å². The first-order valence-corrected chi connectivity index (χ1v) is 12.6. The second kappa shape index (κ2) is 10.7. The van der Waals surface area contributed by atoms with Crippen LogP contribution in [0.15, 0.2) is 119 Å². The molecule has 0 atom stereocenters. The van der Waals surface area contributed by atoms with Crippen molar-refractivity contribution in [3.63, 3.8) is 0 Å². The van der Waals surface area contributed by atoms with Gasteiger partial charge in [-0.25, -0.2) is 9.29 Å². The Kier molecular flexibility index (Phi) is 7.06. The maximum absolute atomic E-state index is 13.6. The minimum atomic E-state index is -0.453. The molecule has 3 amide bonds. The summed E-state index contributed by atoms with van der Waals surface area (Å²) >= 11 is 1.14. The van der Waals surface area contributed by atoms with Crippen molar-refractivity contribution in [3.8, 4) is 0 Å². The molecule has 1 aliphatic heterocycles. The molecule has 0 saturated carbocycles. The van der Waals surface area contributed by atoms with Crippen LogP contribution in [0, 0.1) is 12.7 Å². The van der Waals surface area contributed by atoms with E-state index in [1.54, 1.807) is 36.4 Å². The monoisotopic (exact) mass is 523 g/mol. The normalized spacial score (nSPS) is 13.2. The van der Waals surface area contributed by atoms with E-state index in [9.17, 15) is 18.8 Å². The number of halogens is 1. The first kappa shape index (κ1) is 25.0. The number of thioether (sulfide) groups is 1. The predicted molar refractivity (Wildman–Crippen MR) is 147 cm³/mol. The number of hydrogen-bond acceptors (Lipinski definition) is 5. The summed E-state index contributed by atoms with van der Waals surface area (Å²) in [5.74, 6) is -1.71. The fourth-order valence-electron chi connectivity index (χ4n) is 3.87. The van der Waals surface area contributed by atoms with Gasteiger partial charge >= 0.3 is 0 Å². The van der Waals surface area contributed by atoms with Crippen LogP contribution in [0.25, 0.3) is 0 Å². The molecule has 0 aromatic heterocycles. The van der Waals surface area contributed by atoms with Crippen LogP contribution in [0.2, 0.25) is 0 Å². The number of aryl methyl sites for hydroxylation is 1. The van der Waals surface area contributed by atoms with E-state index in [-0.39, 0.29) is 10.6 Å². The zero-order chi connectivity index (χ0) is 26.6. The standard InChI is InChI=1S/C30H22FN3O3S/c1-19-10-16-24(17-11-19)34-29(36)26(32-22-6-3-2-4-7-22)27(30(34)37)38-25-9-5-8-23(18-25)33-28(35)20-12-14-21(31)15-13-20/h2-18,32H,1H3,(H,33,35). The zero-order valence-electron chi connectivity index (χ0n) is 20.3. The molecule has 6 nitrogen and oxygen atoms in total. The van der Waals surface area contributed by atoms with Gasteiger partial charge in [-0.3, -0.25) is 14.4 Å². The number of anilines is 3. The number of nitrogens with one attached hydrogen (secondary N) is 2. The van der Waals surface area contributed by atoms with E-state index in [2.05, 4.69) is 10.6 Å². The number of nitrogens with zero attached hydrogens (tertiary/aromatic N) is 1. The molecule has 0 spiro atoms. The number of hydrogen-bond donors (Lipinski definition) is 2. The van der Waals surface area contributed by atoms with Crippen molar-refractivity contribution in [1.82, 2.24) is 0 Å². The number of rotatable bonds is 7. The smallest absolute Gasteiger partial charge is 0.283 e. The van der Waals surface area contributed by atoms with Gasteiger partial charge in [0.2, 0.25) is 0 Å². The zero-order valence-corrected chi connectivity index (χ0v) is 21.1. The van der Waals surface area contributed by atoms with E-state index < -0.39 is 23.5 Å². The lowest BCUT2D eigenvalue weighted by atomic mass is 10.2. The Bertz CT molecular complexity index is 1550. The van der Waals surface area contributed by atoms with Crippen molar-refractivity contribution < 1.29 is 18.8 Å².